The van der Waals surface area contributed by atoms with E-state index in [1.54, 1.807) is 6.92 Å². The fourth-order valence-electron chi connectivity index (χ4n) is 2.72. The first kappa shape index (κ1) is 15.2. The number of carbonyl (C=O) groups excluding carboxylic acids is 2. The highest BCUT2D eigenvalue weighted by Crippen LogP contribution is 2.33. The second kappa shape index (κ2) is 6.88. The molecule has 18 heavy (non-hydrogen) atoms. The van der Waals surface area contributed by atoms with Gasteiger partial charge in [-0.3, -0.25) is 9.59 Å². The molecule has 1 aliphatic rings. The molecule has 4 nitrogen and oxygen atoms in total. The zero-order valence-electron chi connectivity index (χ0n) is 11.7. The van der Waals surface area contributed by atoms with Crippen LogP contribution in [-0.4, -0.2) is 31.1 Å². The van der Waals surface area contributed by atoms with E-state index in [-0.39, 0.29) is 5.78 Å². The van der Waals surface area contributed by atoms with E-state index in [0.29, 0.717) is 6.61 Å². The Morgan fingerprint density at radius 2 is 1.72 bits per heavy atom. The second-order valence-corrected chi connectivity index (χ2v) is 4.95. The molecule has 0 bridgehead atoms. The van der Waals surface area contributed by atoms with Crippen LogP contribution < -0.4 is 0 Å². The summed E-state index contributed by atoms with van der Waals surface area (Å²) in [6.45, 7) is 4.00. The molecule has 0 saturated heterocycles. The van der Waals surface area contributed by atoms with Crippen molar-refractivity contribution in [2.24, 2.45) is 5.92 Å². The minimum Gasteiger partial charge on any atom is -0.468 e. The van der Waals surface area contributed by atoms with Crippen LogP contribution in [-0.2, 0) is 19.1 Å². The molecule has 1 atom stereocenters. The summed E-state index contributed by atoms with van der Waals surface area (Å²) in [6.07, 6.45) is 5.69. The number of carbonyl (C=O) groups is 2. The summed E-state index contributed by atoms with van der Waals surface area (Å²) in [4.78, 5) is 24.1. The van der Waals surface area contributed by atoms with Gasteiger partial charge in [-0.1, -0.05) is 25.7 Å². The van der Waals surface area contributed by atoms with Crippen LogP contribution in [0.5, 0.6) is 0 Å². The van der Waals surface area contributed by atoms with Crippen LogP contribution in [0, 0.1) is 5.92 Å². The van der Waals surface area contributed by atoms with Gasteiger partial charge in [0, 0.05) is 6.61 Å². The topological polar surface area (TPSA) is 52.6 Å². The molecular formula is C14H24O4. The van der Waals surface area contributed by atoms with Crippen molar-refractivity contribution in [2.75, 3.05) is 13.7 Å². The SMILES string of the molecule is CCOC1(C(=O)C(C)C(=O)OC)CCCCCC1. The maximum Gasteiger partial charge on any atom is 0.316 e. The van der Waals surface area contributed by atoms with Crippen molar-refractivity contribution in [3.8, 4) is 0 Å². The van der Waals surface area contributed by atoms with E-state index in [0.717, 1.165) is 38.5 Å². The molecule has 0 heterocycles. The molecule has 1 aliphatic carbocycles. The largest absolute Gasteiger partial charge is 0.468 e. The van der Waals surface area contributed by atoms with E-state index in [1.807, 2.05) is 6.92 Å². The molecule has 1 fully saturated rings. The van der Waals surface area contributed by atoms with Crippen LogP contribution in [0.15, 0.2) is 0 Å². The number of ketones is 1. The van der Waals surface area contributed by atoms with Crippen molar-refractivity contribution < 1.29 is 19.1 Å². The van der Waals surface area contributed by atoms with Gasteiger partial charge < -0.3 is 9.47 Å². The van der Waals surface area contributed by atoms with Gasteiger partial charge in [-0.05, 0) is 26.7 Å². The Morgan fingerprint density at radius 1 is 1.17 bits per heavy atom. The molecule has 0 aromatic rings. The lowest BCUT2D eigenvalue weighted by atomic mass is 9.83. The lowest BCUT2D eigenvalue weighted by Crippen LogP contribution is -2.46. The summed E-state index contributed by atoms with van der Waals surface area (Å²) in [6, 6.07) is 0. The molecule has 0 aromatic carbocycles. The fourth-order valence-corrected chi connectivity index (χ4v) is 2.72. The number of rotatable bonds is 5. The average Bonchev–Trinajstić information content (AvgIpc) is 2.63. The maximum atomic E-state index is 12.5. The van der Waals surface area contributed by atoms with E-state index in [4.69, 9.17) is 4.74 Å². The Bertz CT molecular complexity index is 290. The van der Waals surface area contributed by atoms with Gasteiger partial charge in [0.15, 0.2) is 5.78 Å². The first-order valence-electron chi connectivity index (χ1n) is 6.83. The number of hydrogen-bond donors (Lipinski definition) is 0. The first-order chi connectivity index (χ1) is 8.57. The van der Waals surface area contributed by atoms with Gasteiger partial charge in [-0.2, -0.15) is 0 Å². The molecule has 0 N–H and O–H groups in total. The molecule has 0 radical (unpaired) electrons. The molecule has 0 spiro atoms. The third-order valence-electron chi connectivity index (χ3n) is 3.73. The highest BCUT2D eigenvalue weighted by atomic mass is 16.5. The zero-order valence-corrected chi connectivity index (χ0v) is 11.7. The molecular weight excluding hydrogens is 232 g/mol. The number of hydrogen-bond acceptors (Lipinski definition) is 4. The van der Waals surface area contributed by atoms with E-state index >= 15 is 0 Å². The van der Waals surface area contributed by atoms with Gasteiger partial charge >= 0.3 is 5.97 Å². The van der Waals surface area contributed by atoms with Crippen LogP contribution in [0.3, 0.4) is 0 Å². The second-order valence-electron chi connectivity index (χ2n) is 4.95. The molecule has 0 amide bonds. The number of methoxy groups -OCH3 is 1. The quantitative estimate of drug-likeness (QED) is 0.431. The van der Waals surface area contributed by atoms with Gasteiger partial charge in [0.25, 0.3) is 0 Å². The third-order valence-corrected chi connectivity index (χ3v) is 3.73. The predicted octanol–water partition coefficient (Wildman–Crippen LogP) is 2.49. The van der Waals surface area contributed by atoms with E-state index in [2.05, 4.69) is 4.74 Å². The van der Waals surface area contributed by atoms with Crippen LogP contribution in [0.4, 0.5) is 0 Å². The van der Waals surface area contributed by atoms with E-state index in [1.165, 1.54) is 7.11 Å². The Balaban J connectivity index is 2.88. The van der Waals surface area contributed by atoms with Crippen molar-refractivity contribution in [2.45, 2.75) is 58.0 Å². The maximum absolute atomic E-state index is 12.5. The number of esters is 1. The van der Waals surface area contributed by atoms with E-state index < -0.39 is 17.5 Å². The van der Waals surface area contributed by atoms with Crippen molar-refractivity contribution in [1.29, 1.82) is 0 Å². The highest BCUT2D eigenvalue weighted by molar-refractivity contribution is 6.03. The molecule has 1 saturated carbocycles. The lowest BCUT2D eigenvalue weighted by Gasteiger charge is -2.32. The highest BCUT2D eigenvalue weighted by Gasteiger charge is 2.43. The summed E-state index contributed by atoms with van der Waals surface area (Å²) in [5.74, 6) is -1.32. The molecule has 0 aliphatic heterocycles. The third kappa shape index (κ3) is 3.31. The van der Waals surface area contributed by atoms with Crippen molar-refractivity contribution in [3.05, 3.63) is 0 Å². The average molecular weight is 256 g/mol. The molecule has 0 aromatic heterocycles. The van der Waals surface area contributed by atoms with Gasteiger partial charge in [0.05, 0.1) is 7.11 Å². The fraction of sp³-hybridized carbons (Fsp3) is 0.857. The first-order valence-corrected chi connectivity index (χ1v) is 6.83. The van der Waals surface area contributed by atoms with Crippen LogP contribution >= 0.6 is 0 Å². The van der Waals surface area contributed by atoms with Gasteiger partial charge in [-0.25, -0.2) is 0 Å². The Hall–Kier alpha value is -0.900. The molecule has 104 valence electrons. The number of Topliss-reactive ketones (excluding diaryl/α,β-unsaturated/α-hetero) is 1. The molecule has 4 heteroatoms. The van der Waals surface area contributed by atoms with Crippen LogP contribution in [0.2, 0.25) is 0 Å². The lowest BCUT2D eigenvalue weighted by molar-refractivity contribution is -0.160. The van der Waals surface area contributed by atoms with Crippen LogP contribution in [0.25, 0.3) is 0 Å². The summed E-state index contributed by atoms with van der Waals surface area (Å²) >= 11 is 0. The summed E-state index contributed by atoms with van der Waals surface area (Å²) in [7, 11) is 1.31. The normalized spacial score (nSPS) is 20.8. The Labute approximate surface area is 109 Å². The van der Waals surface area contributed by atoms with Crippen molar-refractivity contribution >= 4 is 11.8 Å². The Morgan fingerprint density at radius 3 is 2.17 bits per heavy atom. The summed E-state index contributed by atoms with van der Waals surface area (Å²) < 4.78 is 10.4. The van der Waals surface area contributed by atoms with Gasteiger partial charge in [-0.15, -0.1) is 0 Å². The monoisotopic (exact) mass is 256 g/mol. The predicted molar refractivity (Wildman–Crippen MR) is 68.2 cm³/mol. The standard InChI is InChI=1S/C14H24O4/c1-4-18-14(9-7-5-6-8-10-14)12(15)11(2)13(16)17-3/h11H,4-10H2,1-3H3. The van der Waals surface area contributed by atoms with Crippen molar-refractivity contribution in [3.63, 3.8) is 0 Å². The smallest absolute Gasteiger partial charge is 0.316 e. The minimum atomic E-state index is -0.765. The van der Waals surface area contributed by atoms with Gasteiger partial charge in [0.1, 0.15) is 11.5 Å². The van der Waals surface area contributed by atoms with Crippen molar-refractivity contribution in [1.82, 2.24) is 0 Å². The van der Waals surface area contributed by atoms with Gasteiger partial charge in [0.2, 0.25) is 0 Å². The number of ether oxygens (including phenoxy) is 2. The van der Waals surface area contributed by atoms with Crippen LogP contribution in [0.1, 0.15) is 52.4 Å². The summed E-state index contributed by atoms with van der Waals surface area (Å²) in [5, 5.41) is 0. The van der Waals surface area contributed by atoms with E-state index in [9.17, 15) is 9.59 Å². The Kier molecular flexibility index (Phi) is 5.79. The zero-order chi connectivity index (χ0) is 13.6. The molecule has 1 rings (SSSR count). The molecule has 1 unspecified atom stereocenters. The summed E-state index contributed by atoms with van der Waals surface area (Å²) in [5.41, 5.74) is -0.765. The minimum absolute atomic E-state index is 0.113.